The van der Waals surface area contributed by atoms with Gasteiger partial charge in [-0.1, -0.05) is 6.92 Å². The van der Waals surface area contributed by atoms with Gasteiger partial charge in [-0.3, -0.25) is 4.79 Å². The van der Waals surface area contributed by atoms with E-state index in [9.17, 15) is 4.79 Å². The Hall–Kier alpha value is -0.570. The fraction of sp³-hybridized carbons (Fsp3) is 0.889. The zero-order valence-electron chi connectivity index (χ0n) is 7.68. The minimum Gasteiger partial charge on any atom is -0.356 e. The minimum atomic E-state index is 0.0989. The highest BCUT2D eigenvalue weighted by atomic mass is 16.1. The molecule has 0 radical (unpaired) electrons. The third-order valence-electron chi connectivity index (χ3n) is 2.22. The van der Waals surface area contributed by atoms with E-state index in [2.05, 4.69) is 5.32 Å². The molecule has 1 aliphatic carbocycles. The van der Waals surface area contributed by atoms with Crippen molar-refractivity contribution in [3.63, 3.8) is 0 Å². The van der Waals surface area contributed by atoms with Gasteiger partial charge < -0.3 is 11.1 Å². The Morgan fingerprint density at radius 2 is 2.33 bits per heavy atom. The van der Waals surface area contributed by atoms with Crippen molar-refractivity contribution in [2.45, 2.75) is 38.6 Å². The highest BCUT2D eigenvalue weighted by Crippen LogP contribution is 2.32. The molecule has 0 aliphatic heterocycles. The van der Waals surface area contributed by atoms with E-state index in [4.69, 9.17) is 5.73 Å². The summed E-state index contributed by atoms with van der Waals surface area (Å²) in [6, 6.07) is 0.0989. The lowest BCUT2D eigenvalue weighted by Gasteiger charge is -2.09. The van der Waals surface area contributed by atoms with Crippen molar-refractivity contribution in [3.8, 4) is 0 Å². The number of carbonyl (C=O) groups is 1. The summed E-state index contributed by atoms with van der Waals surface area (Å²) in [6.45, 7) is 2.82. The van der Waals surface area contributed by atoms with Crippen LogP contribution in [0.2, 0.25) is 0 Å². The largest absolute Gasteiger partial charge is 0.356 e. The van der Waals surface area contributed by atoms with Crippen LogP contribution in [0.15, 0.2) is 0 Å². The molecule has 0 aromatic carbocycles. The second kappa shape index (κ2) is 4.45. The van der Waals surface area contributed by atoms with Crippen molar-refractivity contribution in [1.29, 1.82) is 0 Å². The molecule has 3 N–H and O–H groups in total. The third kappa shape index (κ3) is 3.22. The van der Waals surface area contributed by atoms with Crippen molar-refractivity contribution in [2.75, 3.05) is 6.54 Å². The van der Waals surface area contributed by atoms with Gasteiger partial charge in [0.1, 0.15) is 0 Å². The summed E-state index contributed by atoms with van der Waals surface area (Å²) in [6.07, 6.45) is 3.92. The van der Waals surface area contributed by atoms with Gasteiger partial charge >= 0.3 is 0 Å². The van der Waals surface area contributed by atoms with Gasteiger partial charge in [0, 0.05) is 19.0 Å². The van der Waals surface area contributed by atoms with Gasteiger partial charge in [0.25, 0.3) is 0 Å². The average Bonchev–Trinajstić information content (AvgIpc) is 2.82. The summed E-state index contributed by atoms with van der Waals surface area (Å²) in [5, 5.41) is 2.83. The molecule has 1 atom stereocenters. The van der Waals surface area contributed by atoms with Gasteiger partial charge in [0.2, 0.25) is 5.91 Å². The lowest BCUT2D eigenvalue weighted by atomic mass is 10.1. The molecule has 1 rings (SSSR count). The molecular formula is C9H18N2O. The van der Waals surface area contributed by atoms with E-state index in [0.29, 0.717) is 12.3 Å². The van der Waals surface area contributed by atoms with Crippen LogP contribution in [0, 0.1) is 5.92 Å². The first-order chi connectivity index (χ1) is 5.74. The van der Waals surface area contributed by atoms with Crippen molar-refractivity contribution in [2.24, 2.45) is 11.7 Å². The van der Waals surface area contributed by atoms with Crippen LogP contribution in [0.3, 0.4) is 0 Å². The summed E-state index contributed by atoms with van der Waals surface area (Å²) in [4.78, 5) is 11.2. The summed E-state index contributed by atoms with van der Waals surface area (Å²) < 4.78 is 0. The molecule has 3 heteroatoms. The molecule has 1 saturated carbocycles. The molecular weight excluding hydrogens is 152 g/mol. The highest BCUT2D eigenvalue weighted by Gasteiger charge is 2.29. The van der Waals surface area contributed by atoms with Gasteiger partial charge in [0.05, 0.1) is 0 Å². The Labute approximate surface area is 73.7 Å². The van der Waals surface area contributed by atoms with Crippen molar-refractivity contribution in [3.05, 3.63) is 0 Å². The molecule has 1 amide bonds. The average molecular weight is 170 g/mol. The first-order valence-corrected chi connectivity index (χ1v) is 4.76. The topological polar surface area (TPSA) is 55.1 Å². The van der Waals surface area contributed by atoms with Crippen LogP contribution in [0.5, 0.6) is 0 Å². The number of hydrogen-bond acceptors (Lipinski definition) is 2. The molecule has 1 unspecified atom stereocenters. The van der Waals surface area contributed by atoms with Crippen molar-refractivity contribution < 1.29 is 4.79 Å². The van der Waals surface area contributed by atoms with Crippen LogP contribution < -0.4 is 11.1 Å². The smallest absolute Gasteiger partial charge is 0.221 e. The quantitative estimate of drug-likeness (QED) is 0.636. The van der Waals surface area contributed by atoms with E-state index in [1.54, 1.807) is 0 Å². The van der Waals surface area contributed by atoms with Gasteiger partial charge in [-0.15, -0.1) is 0 Å². The standard InChI is InChI=1S/C9H18N2O/c1-2-5-11-9(12)6-8(10)7-3-4-7/h7-8H,2-6,10H2,1H3,(H,11,12). The van der Waals surface area contributed by atoms with Crippen LogP contribution in [-0.2, 0) is 4.79 Å². The summed E-state index contributed by atoms with van der Waals surface area (Å²) in [5.74, 6) is 0.730. The molecule has 0 saturated heterocycles. The maximum atomic E-state index is 11.2. The lowest BCUT2D eigenvalue weighted by Crippen LogP contribution is -2.33. The normalized spacial score (nSPS) is 18.8. The maximum Gasteiger partial charge on any atom is 0.221 e. The predicted octanol–water partition coefficient (Wildman–Crippen LogP) is 0.640. The second-order valence-electron chi connectivity index (χ2n) is 3.56. The first kappa shape index (κ1) is 9.52. The van der Waals surface area contributed by atoms with Crippen LogP contribution in [0.4, 0.5) is 0 Å². The molecule has 0 spiro atoms. The van der Waals surface area contributed by atoms with Gasteiger partial charge in [-0.25, -0.2) is 0 Å². The van der Waals surface area contributed by atoms with E-state index in [0.717, 1.165) is 13.0 Å². The van der Waals surface area contributed by atoms with Crippen LogP contribution in [0.1, 0.15) is 32.6 Å². The fourth-order valence-corrected chi connectivity index (χ4v) is 1.24. The number of nitrogens with two attached hydrogens (primary N) is 1. The van der Waals surface area contributed by atoms with Gasteiger partial charge in [0.15, 0.2) is 0 Å². The number of rotatable bonds is 5. The van der Waals surface area contributed by atoms with Crippen LogP contribution in [0.25, 0.3) is 0 Å². The van der Waals surface area contributed by atoms with Crippen molar-refractivity contribution >= 4 is 5.91 Å². The molecule has 12 heavy (non-hydrogen) atoms. The second-order valence-corrected chi connectivity index (χ2v) is 3.56. The van der Waals surface area contributed by atoms with E-state index >= 15 is 0 Å². The predicted molar refractivity (Wildman–Crippen MR) is 48.6 cm³/mol. The molecule has 1 fully saturated rings. The SMILES string of the molecule is CCCNC(=O)CC(N)C1CC1. The molecule has 0 bridgehead atoms. The Morgan fingerprint density at radius 1 is 1.67 bits per heavy atom. The number of carbonyl (C=O) groups excluding carboxylic acids is 1. The number of amides is 1. The Bertz CT molecular complexity index is 155. The lowest BCUT2D eigenvalue weighted by molar-refractivity contribution is -0.121. The van der Waals surface area contributed by atoms with E-state index in [1.165, 1.54) is 12.8 Å². The highest BCUT2D eigenvalue weighted by molar-refractivity contribution is 5.76. The minimum absolute atomic E-state index is 0.0989. The zero-order valence-corrected chi connectivity index (χ0v) is 7.68. The third-order valence-corrected chi connectivity index (χ3v) is 2.22. The summed E-state index contributed by atoms with van der Waals surface area (Å²) in [5.41, 5.74) is 5.79. The van der Waals surface area contributed by atoms with Crippen LogP contribution >= 0.6 is 0 Å². The Kier molecular flexibility index (Phi) is 3.53. The molecule has 0 aromatic rings. The molecule has 70 valence electrons. The zero-order chi connectivity index (χ0) is 8.97. The fourth-order valence-electron chi connectivity index (χ4n) is 1.24. The van der Waals surface area contributed by atoms with E-state index in [1.807, 2.05) is 6.92 Å². The van der Waals surface area contributed by atoms with Crippen LogP contribution in [-0.4, -0.2) is 18.5 Å². The Morgan fingerprint density at radius 3 is 2.83 bits per heavy atom. The summed E-state index contributed by atoms with van der Waals surface area (Å²) in [7, 11) is 0. The molecule has 0 aromatic heterocycles. The van der Waals surface area contributed by atoms with Gasteiger partial charge in [-0.2, -0.15) is 0 Å². The maximum absolute atomic E-state index is 11.2. The van der Waals surface area contributed by atoms with Crippen molar-refractivity contribution in [1.82, 2.24) is 5.32 Å². The van der Waals surface area contributed by atoms with E-state index < -0.39 is 0 Å². The van der Waals surface area contributed by atoms with E-state index in [-0.39, 0.29) is 11.9 Å². The van der Waals surface area contributed by atoms with Gasteiger partial charge in [-0.05, 0) is 25.2 Å². The molecule has 0 heterocycles. The number of nitrogens with one attached hydrogen (secondary N) is 1. The first-order valence-electron chi connectivity index (χ1n) is 4.76. The Balaban J connectivity index is 2.07. The monoisotopic (exact) mass is 170 g/mol. The molecule has 3 nitrogen and oxygen atoms in total. The summed E-state index contributed by atoms with van der Waals surface area (Å²) >= 11 is 0. The molecule has 1 aliphatic rings. The number of hydrogen-bond donors (Lipinski definition) is 2.